The molecule has 2 aromatic rings. The molecule has 2 aromatic carbocycles. The van der Waals surface area contributed by atoms with Gasteiger partial charge in [-0.2, -0.15) is 0 Å². The number of carbonyl (C=O) groups excluding carboxylic acids is 2. The SMILES string of the molecule is CCCCc1ccc(C(=O)OOC(OOC(=O)c2ccc(CCCC)cc2)C(C)(C)C)cc1. The Morgan fingerprint density at radius 2 is 1.06 bits per heavy atom. The summed E-state index contributed by atoms with van der Waals surface area (Å²) in [5, 5.41) is 0. The van der Waals surface area contributed by atoms with E-state index in [0.29, 0.717) is 11.1 Å². The van der Waals surface area contributed by atoms with Crippen LogP contribution in [0.2, 0.25) is 0 Å². The molecule has 0 saturated carbocycles. The van der Waals surface area contributed by atoms with Gasteiger partial charge >= 0.3 is 11.9 Å². The van der Waals surface area contributed by atoms with E-state index < -0.39 is 23.6 Å². The minimum absolute atomic E-state index is 0.364. The molecule has 0 bridgehead atoms. The molecule has 0 aliphatic rings. The van der Waals surface area contributed by atoms with Crippen LogP contribution in [0.4, 0.5) is 0 Å². The highest BCUT2D eigenvalue weighted by molar-refractivity contribution is 5.89. The predicted molar refractivity (Wildman–Crippen MR) is 126 cm³/mol. The van der Waals surface area contributed by atoms with Gasteiger partial charge < -0.3 is 0 Å². The van der Waals surface area contributed by atoms with Gasteiger partial charge in [-0.25, -0.2) is 9.59 Å². The molecule has 0 aliphatic heterocycles. The van der Waals surface area contributed by atoms with Crippen LogP contribution in [0, 0.1) is 5.41 Å². The lowest BCUT2D eigenvalue weighted by atomic mass is 9.96. The average Bonchev–Trinajstić information content (AvgIpc) is 2.80. The second kappa shape index (κ2) is 13.1. The van der Waals surface area contributed by atoms with Gasteiger partial charge in [0.25, 0.3) is 6.29 Å². The van der Waals surface area contributed by atoms with E-state index in [1.54, 1.807) is 24.3 Å². The number of hydrogen-bond donors (Lipinski definition) is 0. The molecule has 0 heterocycles. The minimum Gasteiger partial charge on any atom is -0.290 e. The van der Waals surface area contributed by atoms with Crippen molar-refractivity contribution in [3.8, 4) is 0 Å². The first-order chi connectivity index (χ1) is 15.7. The summed E-state index contributed by atoms with van der Waals surface area (Å²) in [7, 11) is 0. The Balaban J connectivity index is 1.90. The number of aryl methyl sites for hydroxylation is 2. The molecule has 0 unspecified atom stereocenters. The highest BCUT2D eigenvalue weighted by Gasteiger charge is 2.32. The third-order valence-electron chi connectivity index (χ3n) is 5.15. The molecule has 6 heteroatoms. The number of rotatable bonds is 12. The van der Waals surface area contributed by atoms with Gasteiger partial charge in [-0.3, -0.25) is 9.78 Å². The second-order valence-corrected chi connectivity index (χ2v) is 9.23. The van der Waals surface area contributed by atoms with E-state index in [-0.39, 0.29) is 0 Å². The van der Waals surface area contributed by atoms with E-state index in [1.807, 2.05) is 45.0 Å². The summed E-state index contributed by atoms with van der Waals surface area (Å²) >= 11 is 0. The molecular weight excluding hydrogens is 420 g/mol. The standard InChI is InChI=1S/C27H36O6/c1-6-8-10-20-12-16-22(17-13-20)24(28)30-32-26(27(3,4)5)33-31-25(29)23-18-14-21(15-19-23)11-9-7-2/h12-19,26H,6-11H2,1-5H3. The first-order valence-electron chi connectivity index (χ1n) is 11.7. The van der Waals surface area contributed by atoms with Gasteiger partial charge in [0, 0.05) is 5.41 Å². The fourth-order valence-electron chi connectivity index (χ4n) is 2.95. The Labute approximate surface area is 197 Å². The van der Waals surface area contributed by atoms with Crippen molar-refractivity contribution in [3.63, 3.8) is 0 Å². The van der Waals surface area contributed by atoms with Crippen LogP contribution in [-0.4, -0.2) is 18.2 Å². The van der Waals surface area contributed by atoms with Crippen LogP contribution in [0.15, 0.2) is 48.5 Å². The summed E-state index contributed by atoms with van der Waals surface area (Å²) in [6, 6.07) is 14.4. The number of hydrogen-bond acceptors (Lipinski definition) is 6. The summed E-state index contributed by atoms with van der Waals surface area (Å²) in [5.41, 5.74) is 2.42. The molecule has 0 aliphatic carbocycles. The van der Waals surface area contributed by atoms with E-state index in [2.05, 4.69) is 13.8 Å². The minimum atomic E-state index is -1.11. The number of unbranched alkanes of at least 4 members (excludes halogenated alkanes) is 2. The van der Waals surface area contributed by atoms with Gasteiger partial charge in [0.15, 0.2) is 0 Å². The normalized spacial score (nSPS) is 11.5. The molecule has 0 saturated heterocycles. The molecule has 0 radical (unpaired) electrons. The predicted octanol–water partition coefficient (Wildman–Crippen LogP) is 6.62. The Kier molecular flexibility index (Phi) is 10.6. The van der Waals surface area contributed by atoms with Crippen LogP contribution in [0.5, 0.6) is 0 Å². The van der Waals surface area contributed by atoms with E-state index >= 15 is 0 Å². The van der Waals surface area contributed by atoms with Crippen molar-refractivity contribution in [1.82, 2.24) is 0 Å². The molecule has 2 rings (SSSR count). The molecule has 0 fully saturated rings. The topological polar surface area (TPSA) is 71.1 Å². The van der Waals surface area contributed by atoms with E-state index in [0.717, 1.165) is 49.7 Å². The summed E-state index contributed by atoms with van der Waals surface area (Å²) in [6.45, 7) is 9.70. The van der Waals surface area contributed by atoms with Crippen molar-refractivity contribution in [2.24, 2.45) is 5.41 Å². The van der Waals surface area contributed by atoms with Crippen molar-refractivity contribution in [2.45, 2.75) is 79.4 Å². The average molecular weight is 457 g/mol. The Hall–Kier alpha value is -2.70. The van der Waals surface area contributed by atoms with Crippen LogP contribution in [0.3, 0.4) is 0 Å². The molecule has 0 atom stereocenters. The summed E-state index contributed by atoms with van der Waals surface area (Å²) < 4.78 is 0. The maximum Gasteiger partial charge on any atom is 0.373 e. The molecule has 0 amide bonds. The van der Waals surface area contributed by atoms with Crippen molar-refractivity contribution < 1.29 is 29.1 Å². The number of benzene rings is 2. The van der Waals surface area contributed by atoms with E-state index in [9.17, 15) is 9.59 Å². The van der Waals surface area contributed by atoms with Gasteiger partial charge in [0.05, 0.1) is 11.1 Å². The van der Waals surface area contributed by atoms with Crippen LogP contribution >= 0.6 is 0 Å². The fourth-order valence-corrected chi connectivity index (χ4v) is 2.95. The number of carbonyl (C=O) groups is 2. The van der Waals surface area contributed by atoms with Crippen LogP contribution in [0.25, 0.3) is 0 Å². The van der Waals surface area contributed by atoms with E-state index in [4.69, 9.17) is 19.6 Å². The first kappa shape index (κ1) is 26.6. The largest absolute Gasteiger partial charge is 0.373 e. The fraction of sp³-hybridized carbons (Fsp3) is 0.481. The maximum atomic E-state index is 12.4. The Morgan fingerprint density at radius 3 is 1.36 bits per heavy atom. The van der Waals surface area contributed by atoms with Crippen molar-refractivity contribution in [3.05, 3.63) is 70.8 Å². The van der Waals surface area contributed by atoms with Gasteiger partial charge in [0.1, 0.15) is 0 Å². The highest BCUT2D eigenvalue weighted by Crippen LogP contribution is 2.25. The van der Waals surface area contributed by atoms with E-state index in [1.165, 1.54) is 0 Å². The molecule has 6 nitrogen and oxygen atoms in total. The van der Waals surface area contributed by atoms with Crippen LogP contribution in [0.1, 0.15) is 92.1 Å². The zero-order valence-electron chi connectivity index (χ0n) is 20.4. The molecule has 33 heavy (non-hydrogen) atoms. The summed E-state index contributed by atoms with van der Waals surface area (Å²) in [5.74, 6) is -1.30. The Bertz CT molecular complexity index is 797. The Morgan fingerprint density at radius 1 is 0.697 bits per heavy atom. The third kappa shape index (κ3) is 8.98. The smallest absolute Gasteiger partial charge is 0.290 e. The van der Waals surface area contributed by atoms with Crippen LogP contribution < -0.4 is 0 Å². The third-order valence-corrected chi connectivity index (χ3v) is 5.15. The quantitative estimate of drug-likeness (QED) is 0.203. The van der Waals surface area contributed by atoms with Crippen molar-refractivity contribution >= 4 is 11.9 Å². The van der Waals surface area contributed by atoms with Gasteiger partial charge in [-0.15, -0.1) is 9.78 Å². The van der Waals surface area contributed by atoms with Gasteiger partial charge in [-0.1, -0.05) is 71.7 Å². The molecular formula is C27H36O6. The summed E-state index contributed by atoms with van der Waals surface area (Å²) in [6.07, 6.45) is 5.24. The molecule has 180 valence electrons. The lowest BCUT2D eigenvalue weighted by molar-refractivity contribution is -0.442. The van der Waals surface area contributed by atoms with Crippen molar-refractivity contribution in [2.75, 3.05) is 0 Å². The maximum absolute atomic E-state index is 12.4. The van der Waals surface area contributed by atoms with Crippen LogP contribution in [-0.2, 0) is 32.4 Å². The second-order valence-electron chi connectivity index (χ2n) is 9.23. The lowest BCUT2D eigenvalue weighted by Crippen LogP contribution is -2.34. The van der Waals surface area contributed by atoms with Crippen molar-refractivity contribution in [1.29, 1.82) is 0 Å². The first-order valence-corrected chi connectivity index (χ1v) is 11.7. The zero-order valence-corrected chi connectivity index (χ0v) is 20.4. The monoisotopic (exact) mass is 456 g/mol. The molecule has 0 aromatic heterocycles. The summed E-state index contributed by atoms with van der Waals surface area (Å²) in [4.78, 5) is 45.1. The zero-order chi connectivity index (χ0) is 24.3. The van der Waals surface area contributed by atoms with Gasteiger partial charge in [0.2, 0.25) is 0 Å². The molecule has 0 spiro atoms. The molecule has 0 N–H and O–H groups in total. The highest BCUT2D eigenvalue weighted by atomic mass is 17.3. The lowest BCUT2D eigenvalue weighted by Gasteiger charge is -2.26. The van der Waals surface area contributed by atoms with Gasteiger partial charge in [-0.05, 0) is 61.1 Å².